The third-order valence-corrected chi connectivity index (χ3v) is 7.48. The fourth-order valence-corrected chi connectivity index (χ4v) is 5.71. The van der Waals surface area contributed by atoms with Crippen LogP contribution in [0.3, 0.4) is 0 Å². The van der Waals surface area contributed by atoms with E-state index in [1.54, 1.807) is 4.90 Å². The number of ether oxygens (including phenoxy) is 1. The number of aromatic nitrogens is 1. The SMILES string of the molecule is N#Cc1c(N2CCOCC2)[nH+]c(NCc2ccccc2)c2c1CC[NH+](C1CCCCC1)C2. The number of anilines is 2. The van der Waals surface area contributed by atoms with Gasteiger partial charge in [0.05, 0.1) is 51.0 Å². The average molecular weight is 434 g/mol. The molecule has 1 aromatic carbocycles. The van der Waals surface area contributed by atoms with Gasteiger partial charge < -0.3 is 15.0 Å². The number of hydrogen-bond donors (Lipinski definition) is 2. The molecule has 0 bridgehead atoms. The van der Waals surface area contributed by atoms with Crippen LogP contribution in [0.5, 0.6) is 0 Å². The lowest BCUT2D eigenvalue weighted by molar-refractivity contribution is -0.942. The van der Waals surface area contributed by atoms with E-state index in [0.717, 1.165) is 62.4 Å². The maximum Gasteiger partial charge on any atom is 0.240 e. The van der Waals surface area contributed by atoms with Gasteiger partial charge in [-0.05, 0) is 36.8 Å². The molecular weight excluding hydrogens is 398 g/mol. The largest absolute Gasteiger partial charge is 0.375 e. The molecular formula is C26H35N5O+2. The van der Waals surface area contributed by atoms with E-state index in [-0.39, 0.29) is 0 Å². The number of quaternary nitrogens is 1. The number of rotatable bonds is 5. The van der Waals surface area contributed by atoms with Crippen molar-refractivity contribution in [1.82, 2.24) is 0 Å². The van der Waals surface area contributed by atoms with Crippen LogP contribution < -0.4 is 20.1 Å². The highest BCUT2D eigenvalue weighted by molar-refractivity contribution is 5.62. The van der Waals surface area contributed by atoms with Gasteiger partial charge in [0, 0.05) is 6.42 Å². The van der Waals surface area contributed by atoms with E-state index in [4.69, 9.17) is 4.74 Å². The van der Waals surface area contributed by atoms with Crippen LogP contribution in [0.25, 0.3) is 0 Å². The third-order valence-electron chi connectivity index (χ3n) is 7.48. The number of nitrogens with zero attached hydrogens (tertiary/aromatic N) is 2. The Morgan fingerprint density at radius 1 is 1.09 bits per heavy atom. The molecule has 3 aliphatic rings. The first-order chi connectivity index (χ1) is 15.8. The summed E-state index contributed by atoms with van der Waals surface area (Å²) in [5, 5.41) is 13.9. The Hall–Kier alpha value is -2.62. The molecule has 6 heteroatoms. The summed E-state index contributed by atoms with van der Waals surface area (Å²) in [7, 11) is 0. The van der Waals surface area contributed by atoms with Gasteiger partial charge in [0.25, 0.3) is 0 Å². The van der Waals surface area contributed by atoms with Crippen molar-refractivity contribution >= 4 is 11.6 Å². The highest BCUT2D eigenvalue weighted by Crippen LogP contribution is 2.29. The number of benzene rings is 1. The van der Waals surface area contributed by atoms with Gasteiger partial charge in [-0.15, -0.1) is 0 Å². The van der Waals surface area contributed by atoms with Crippen molar-refractivity contribution in [3.8, 4) is 6.07 Å². The Morgan fingerprint density at radius 2 is 1.88 bits per heavy atom. The number of morpholine rings is 1. The van der Waals surface area contributed by atoms with Gasteiger partial charge in [-0.1, -0.05) is 36.8 Å². The molecule has 0 amide bonds. The van der Waals surface area contributed by atoms with Crippen LogP contribution in [-0.2, 0) is 24.2 Å². The zero-order valence-corrected chi connectivity index (χ0v) is 19.0. The first-order valence-electron chi connectivity index (χ1n) is 12.3. The molecule has 5 rings (SSSR count). The Kier molecular flexibility index (Phi) is 6.56. The fraction of sp³-hybridized carbons (Fsp3) is 0.538. The summed E-state index contributed by atoms with van der Waals surface area (Å²) in [5.74, 6) is 2.06. The topological polar surface area (TPSA) is 66.9 Å². The van der Waals surface area contributed by atoms with Crippen molar-refractivity contribution in [1.29, 1.82) is 5.26 Å². The minimum absolute atomic E-state index is 0.710. The number of hydrogen-bond acceptors (Lipinski definition) is 4. The van der Waals surface area contributed by atoms with Crippen LogP contribution in [0, 0.1) is 11.3 Å². The van der Waals surface area contributed by atoms with Gasteiger partial charge in [0.1, 0.15) is 18.2 Å². The van der Waals surface area contributed by atoms with Crippen molar-refractivity contribution in [2.24, 2.45) is 0 Å². The molecule has 1 saturated carbocycles. The van der Waals surface area contributed by atoms with E-state index in [9.17, 15) is 5.26 Å². The Balaban J connectivity index is 1.49. The second kappa shape index (κ2) is 9.89. The standard InChI is InChI=1S/C26H33N5O/c27-17-23-22-11-12-31(21-9-5-2-6-10-21)19-24(22)25(28-18-20-7-3-1-4-8-20)29-26(23)30-13-15-32-16-14-30/h1,3-4,7-8,21H,2,5-6,9-16,18-19H2,(H,28,29)/p+2. The van der Waals surface area contributed by atoms with Gasteiger partial charge in [0.2, 0.25) is 11.6 Å². The second-order valence-corrected chi connectivity index (χ2v) is 9.40. The quantitative estimate of drug-likeness (QED) is 0.758. The monoisotopic (exact) mass is 433 g/mol. The van der Waals surface area contributed by atoms with Crippen LogP contribution in [0.1, 0.15) is 54.4 Å². The summed E-state index contributed by atoms with van der Waals surface area (Å²) in [6, 6.07) is 13.9. The van der Waals surface area contributed by atoms with Gasteiger partial charge in [-0.2, -0.15) is 5.26 Å². The summed E-state index contributed by atoms with van der Waals surface area (Å²) in [6.07, 6.45) is 7.79. The van der Waals surface area contributed by atoms with E-state index in [1.807, 2.05) is 0 Å². The predicted octanol–water partition coefficient (Wildman–Crippen LogP) is 2.09. The minimum atomic E-state index is 0.710. The maximum absolute atomic E-state index is 10.2. The normalized spacial score (nSPS) is 21.6. The molecule has 1 saturated heterocycles. The molecule has 6 nitrogen and oxygen atoms in total. The number of H-pyrrole nitrogens is 1. The average Bonchev–Trinajstić information content (AvgIpc) is 2.88. The summed E-state index contributed by atoms with van der Waals surface area (Å²) >= 11 is 0. The molecule has 32 heavy (non-hydrogen) atoms. The molecule has 0 radical (unpaired) electrons. The fourth-order valence-electron chi connectivity index (χ4n) is 5.71. The van der Waals surface area contributed by atoms with E-state index in [1.165, 1.54) is 48.8 Å². The molecule has 2 aromatic rings. The van der Waals surface area contributed by atoms with E-state index in [0.29, 0.717) is 13.2 Å². The predicted molar refractivity (Wildman–Crippen MR) is 125 cm³/mol. The van der Waals surface area contributed by atoms with E-state index < -0.39 is 0 Å². The summed E-state index contributed by atoms with van der Waals surface area (Å²) in [5.41, 5.74) is 4.68. The summed E-state index contributed by atoms with van der Waals surface area (Å²) < 4.78 is 5.57. The molecule has 1 aromatic heterocycles. The van der Waals surface area contributed by atoms with Crippen LogP contribution in [0.4, 0.5) is 11.6 Å². The number of nitriles is 1. The molecule has 3 N–H and O–H groups in total. The van der Waals surface area contributed by atoms with Crippen molar-refractivity contribution < 1.29 is 14.6 Å². The third kappa shape index (κ3) is 4.46. The lowest BCUT2D eigenvalue weighted by Gasteiger charge is -2.35. The molecule has 1 atom stereocenters. The van der Waals surface area contributed by atoms with Crippen molar-refractivity contribution in [3.63, 3.8) is 0 Å². The van der Waals surface area contributed by atoms with Gasteiger partial charge in [-0.25, -0.2) is 4.98 Å². The second-order valence-electron chi connectivity index (χ2n) is 9.40. The first-order valence-corrected chi connectivity index (χ1v) is 12.3. The lowest BCUT2D eigenvalue weighted by Crippen LogP contribution is -3.15. The summed E-state index contributed by atoms with van der Waals surface area (Å²) in [4.78, 5) is 7.67. The van der Waals surface area contributed by atoms with Crippen LogP contribution >= 0.6 is 0 Å². The zero-order chi connectivity index (χ0) is 21.8. The number of pyridine rings is 1. The molecule has 1 aliphatic carbocycles. The number of fused-ring (bicyclic) bond motifs is 1. The maximum atomic E-state index is 10.2. The van der Waals surface area contributed by atoms with E-state index in [2.05, 4.69) is 51.6 Å². The molecule has 2 aliphatic heterocycles. The molecule has 3 heterocycles. The van der Waals surface area contributed by atoms with Gasteiger partial charge in [0.15, 0.2) is 0 Å². The van der Waals surface area contributed by atoms with Crippen molar-refractivity contribution in [2.45, 2.75) is 57.7 Å². The van der Waals surface area contributed by atoms with Crippen LogP contribution in [0.15, 0.2) is 30.3 Å². The van der Waals surface area contributed by atoms with Crippen molar-refractivity contribution in [2.75, 3.05) is 43.1 Å². The van der Waals surface area contributed by atoms with E-state index >= 15 is 0 Å². The van der Waals surface area contributed by atoms with Crippen LogP contribution in [0.2, 0.25) is 0 Å². The van der Waals surface area contributed by atoms with Crippen LogP contribution in [-0.4, -0.2) is 38.9 Å². The number of aromatic amines is 1. The number of nitrogens with one attached hydrogen (secondary N) is 3. The molecule has 168 valence electrons. The Labute approximate surface area is 191 Å². The summed E-state index contributed by atoms with van der Waals surface area (Å²) in [6.45, 7) is 5.98. The molecule has 0 spiro atoms. The Bertz CT molecular complexity index is 958. The first kappa shape index (κ1) is 21.2. The van der Waals surface area contributed by atoms with Gasteiger partial charge in [-0.3, -0.25) is 4.90 Å². The van der Waals surface area contributed by atoms with Crippen molar-refractivity contribution in [3.05, 3.63) is 52.6 Å². The smallest absolute Gasteiger partial charge is 0.240 e. The van der Waals surface area contributed by atoms with Gasteiger partial charge >= 0.3 is 0 Å². The highest BCUT2D eigenvalue weighted by Gasteiger charge is 2.35. The molecule has 2 fully saturated rings. The lowest BCUT2D eigenvalue weighted by atomic mass is 9.90. The minimum Gasteiger partial charge on any atom is -0.375 e. The highest BCUT2D eigenvalue weighted by atomic mass is 16.5. The molecule has 1 unspecified atom stereocenters. The zero-order valence-electron chi connectivity index (χ0n) is 19.0. The Morgan fingerprint density at radius 3 is 2.62 bits per heavy atom.